The first-order valence-corrected chi connectivity index (χ1v) is 11.1. The Morgan fingerprint density at radius 1 is 1.25 bits per heavy atom. The maximum atomic E-state index is 12.8. The molecule has 9 heteroatoms. The number of carbonyl (C=O) groups excluding carboxylic acids is 1. The second-order valence-electron chi connectivity index (χ2n) is 6.24. The molecule has 1 aromatic carbocycles. The van der Waals surface area contributed by atoms with Crippen LogP contribution in [0.25, 0.3) is 21.3 Å². The van der Waals surface area contributed by atoms with Crippen LogP contribution in [0, 0.1) is 0 Å². The highest BCUT2D eigenvalue weighted by Crippen LogP contribution is 2.43. The molecule has 28 heavy (non-hydrogen) atoms. The number of fused-ring (bicyclic) bond motifs is 1. The number of carbonyl (C=O) groups is 1. The SMILES string of the molecule is CC(=O)OCCCCS(=O)(=O)c1sc2nc(O)cc(-c3ccccc3)c2c1N. The van der Waals surface area contributed by atoms with Gasteiger partial charge in [0.25, 0.3) is 0 Å². The number of esters is 1. The summed E-state index contributed by atoms with van der Waals surface area (Å²) < 4.78 is 30.4. The topological polar surface area (TPSA) is 120 Å². The Bertz CT molecular complexity index is 1110. The van der Waals surface area contributed by atoms with Gasteiger partial charge in [-0.15, -0.1) is 11.3 Å². The number of unbranched alkanes of at least 4 members (excludes halogenated alkanes) is 1. The van der Waals surface area contributed by atoms with E-state index in [1.54, 1.807) is 0 Å². The van der Waals surface area contributed by atoms with Crippen molar-refractivity contribution < 1.29 is 23.1 Å². The minimum Gasteiger partial charge on any atom is -0.493 e. The smallest absolute Gasteiger partial charge is 0.302 e. The predicted octanol–water partition coefficient (Wildman–Crippen LogP) is 3.37. The molecule has 0 spiro atoms. The number of aromatic hydroxyl groups is 1. The van der Waals surface area contributed by atoms with Crippen LogP contribution in [-0.2, 0) is 19.4 Å². The first kappa shape index (κ1) is 20.1. The van der Waals surface area contributed by atoms with E-state index >= 15 is 0 Å². The van der Waals surface area contributed by atoms with Crippen molar-refractivity contribution in [3.63, 3.8) is 0 Å². The van der Waals surface area contributed by atoms with Crippen molar-refractivity contribution >= 4 is 43.0 Å². The third-order valence-corrected chi connectivity index (χ3v) is 7.65. The highest BCUT2D eigenvalue weighted by atomic mass is 32.2. The van der Waals surface area contributed by atoms with Crippen LogP contribution < -0.4 is 5.73 Å². The van der Waals surface area contributed by atoms with Gasteiger partial charge in [0, 0.05) is 18.4 Å². The zero-order valence-electron chi connectivity index (χ0n) is 15.2. The van der Waals surface area contributed by atoms with Crippen molar-refractivity contribution in [3.05, 3.63) is 36.4 Å². The number of nitrogen functional groups attached to an aromatic ring is 1. The van der Waals surface area contributed by atoms with Gasteiger partial charge in [-0.3, -0.25) is 4.79 Å². The van der Waals surface area contributed by atoms with Crippen LogP contribution in [-0.4, -0.2) is 36.8 Å². The number of benzene rings is 1. The standard InChI is InChI=1S/C19H20N2O5S2/c1-12(22)26-9-5-6-10-28(24,25)19-17(20)16-14(13-7-3-2-4-8-13)11-15(23)21-18(16)27-19/h2-4,7-8,11H,5-6,9-10,20H2,1H3,(H,21,23). The summed E-state index contributed by atoms with van der Waals surface area (Å²) in [5.41, 5.74) is 7.81. The minimum absolute atomic E-state index is 0.0465. The fourth-order valence-electron chi connectivity index (χ4n) is 2.87. The molecule has 0 fully saturated rings. The van der Waals surface area contributed by atoms with Gasteiger partial charge in [-0.2, -0.15) is 0 Å². The van der Waals surface area contributed by atoms with Crippen LogP contribution in [0.2, 0.25) is 0 Å². The summed E-state index contributed by atoms with van der Waals surface area (Å²) in [6, 6.07) is 10.8. The van der Waals surface area contributed by atoms with Crippen molar-refractivity contribution in [1.29, 1.82) is 0 Å². The number of hydrogen-bond acceptors (Lipinski definition) is 8. The molecule has 0 atom stereocenters. The third kappa shape index (κ3) is 4.26. The van der Waals surface area contributed by atoms with E-state index in [2.05, 4.69) is 4.98 Å². The lowest BCUT2D eigenvalue weighted by Crippen LogP contribution is -2.09. The highest BCUT2D eigenvalue weighted by Gasteiger charge is 2.25. The Balaban J connectivity index is 1.95. The Kier molecular flexibility index (Phi) is 5.85. The molecule has 7 nitrogen and oxygen atoms in total. The molecule has 148 valence electrons. The first-order valence-electron chi connectivity index (χ1n) is 8.63. The largest absolute Gasteiger partial charge is 0.493 e. The molecule has 2 heterocycles. The number of ether oxygens (including phenoxy) is 1. The fourth-order valence-corrected chi connectivity index (χ4v) is 5.92. The average molecular weight is 421 g/mol. The number of sulfone groups is 1. The maximum Gasteiger partial charge on any atom is 0.302 e. The van der Waals surface area contributed by atoms with E-state index in [9.17, 15) is 18.3 Å². The molecular formula is C19H20N2O5S2. The van der Waals surface area contributed by atoms with E-state index in [1.165, 1.54) is 13.0 Å². The summed E-state index contributed by atoms with van der Waals surface area (Å²) in [7, 11) is -3.63. The summed E-state index contributed by atoms with van der Waals surface area (Å²) in [6.07, 6.45) is 0.783. The van der Waals surface area contributed by atoms with Gasteiger partial charge >= 0.3 is 5.97 Å². The molecule has 0 saturated heterocycles. The number of nitrogens with zero attached hydrogens (tertiary/aromatic N) is 1. The summed E-state index contributed by atoms with van der Waals surface area (Å²) in [6.45, 7) is 1.49. The lowest BCUT2D eigenvalue weighted by molar-refractivity contribution is -0.141. The monoisotopic (exact) mass is 420 g/mol. The molecule has 0 bridgehead atoms. The van der Waals surface area contributed by atoms with Crippen molar-refractivity contribution in [2.75, 3.05) is 18.1 Å². The lowest BCUT2D eigenvalue weighted by atomic mass is 10.0. The van der Waals surface area contributed by atoms with Crippen molar-refractivity contribution in [3.8, 4) is 17.0 Å². The van der Waals surface area contributed by atoms with Crippen LogP contribution in [0.5, 0.6) is 5.88 Å². The van der Waals surface area contributed by atoms with Crippen LogP contribution in [0.3, 0.4) is 0 Å². The van der Waals surface area contributed by atoms with Crippen LogP contribution >= 0.6 is 11.3 Å². The summed E-state index contributed by atoms with van der Waals surface area (Å²) in [4.78, 5) is 15.2. The number of thiophene rings is 1. The van der Waals surface area contributed by atoms with E-state index in [0.29, 0.717) is 28.6 Å². The van der Waals surface area contributed by atoms with Crippen molar-refractivity contribution in [2.45, 2.75) is 24.0 Å². The third-order valence-electron chi connectivity index (χ3n) is 4.13. The Morgan fingerprint density at radius 3 is 2.64 bits per heavy atom. The van der Waals surface area contributed by atoms with Crippen LogP contribution in [0.15, 0.2) is 40.6 Å². The molecule has 0 radical (unpaired) electrons. The maximum absolute atomic E-state index is 12.8. The molecule has 0 saturated carbocycles. The zero-order valence-corrected chi connectivity index (χ0v) is 16.8. The van der Waals surface area contributed by atoms with E-state index in [-0.39, 0.29) is 28.1 Å². The fraction of sp³-hybridized carbons (Fsp3) is 0.263. The van der Waals surface area contributed by atoms with Crippen molar-refractivity contribution in [1.82, 2.24) is 4.98 Å². The van der Waals surface area contributed by atoms with Gasteiger partial charge in [0.05, 0.1) is 18.0 Å². The molecule has 0 amide bonds. The van der Waals surface area contributed by atoms with E-state index in [4.69, 9.17) is 10.5 Å². The molecule has 0 aliphatic carbocycles. The molecule has 3 N–H and O–H groups in total. The minimum atomic E-state index is -3.63. The van der Waals surface area contributed by atoms with Gasteiger partial charge in [-0.1, -0.05) is 30.3 Å². The van der Waals surface area contributed by atoms with Gasteiger partial charge < -0.3 is 15.6 Å². The van der Waals surface area contributed by atoms with Crippen molar-refractivity contribution in [2.24, 2.45) is 0 Å². The average Bonchev–Trinajstić information content (AvgIpc) is 2.98. The first-order chi connectivity index (χ1) is 13.3. The highest BCUT2D eigenvalue weighted by molar-refractivity contribution is 7.93. The quantitative estimate of drug-likeness (QED) is 0.444. The number of anilines is 1. The van der Waals surface area contributed by atoms with E-state index in [0.717, 1.165) is 16.9 Å². The van der Waals surface area contributed by atoms with Gasteiger partial charge in [0.15, 0.2) is 9.84 Å². The Morgan fingerprint density at radius 2 is 1.96 bits per heavy atom. The predicted molar refractivity (Wildman–Crippen MR) is 109 cm³/mol. The number of pyridine rings is 1. The zero-order chi connectivity index (χ0) is 20.3. The number of rotatable bonds is 7. The van der Waals surface area contributed by atoms with Gasteiger partial charge in [0.2, 0.25) is 5.88 Å². The molecule has 0 aliphatic heterocycles. The molecule has 3 rings (SSSR count). The molecular weight excluding hydrogens is 400 g/mol. The van der Waals surface area contributed by atoms with E-state index in [1.807, 2.05) is 30.3 Å². The number of nitrogens with two attached hydrogens (primary N) is 1. The molecule has 3 aromatic rings. The second-order valence-corrected chi connectivity index (χ2v) is 9.55. The lowest BCUT2D eigenvalue weighted by Gasteiger charge is -2.06. The normalized spacial score (nSPS) is 11.6. The molecule has 2 aromatic heterocycles. The number of hydrogen-bond donors (Lipinski definition) is 2. The number of aromatic nitrogens is 1. The van der Waals surface area contributed by atoms with Crippen LogP contribution in [0.4, 0.5) is 5.69 Å². The van der Waals surface area contributed by atoms with Gasteiger partial charge in [-0.05, 0) is 24.0 Å². The Labute approximate surface area is 166 Å². The van der Waals surface area contributed by atoms with Gasteiger partial charge in [0.1, 0.15) is 9.04 Å². The van der Waals surface area contributed by atoms with E-state index < -0.39 is 15.8 Å². The summed E-state index contributed by atoms with van der Waals surface area (Å²) >= 11 is 0.953. The van der Waals surface area contributed by atoms with Crippen LogP contribution in [0.1, 0.15) is 19.8 Å². The van der Waals surface area contributed by atoms with Gasteiger partial charge in [-0.25, -0.2) is 13.4 Å². The summed E-state index contributed by atoms with van der Waals surface area (Å²) in [5, 5.41) is 10.5. The molecule has 0 unspecified atom stereocenters. The second kappa shape index (κ2) is 8.15. The summed E-state index contributed by atoms with van der Waals surface area (Å²) in [5.74, 6) is -0.702. The molecule has 0 aliphatic rings. The Hall–Kier alpha value is -2.65.